The van der Waals surface area contributed by atoms with E-state index in [9.17, 15) is 4.79 Å². The third kappa shape index (κ3) is 6.61. The second-order valence-electron chi connectivity index (χ2n) is 7.60. The van der Waals surface area contributed by atoms with Crippen molar-refractivity contribution in [2.45, 2.75) is 50.4 Å². The standard InChI is InChI=1S/C22H29ClN4OS/c1-3-4-11-24-21(28)18-7-5-17(6-8-18)15-29-22-25-19(23)14-20(26-22)27-12-9-16(2)10-13-27/h5-8,14,16H,3-4,9-13,15H2,1-2H3,(H,24,28). The smallest absolute Gasteiger partial charge is 0.251 e. The minimum atomic E-state index is -0.0173. The number of nitrogens with zero attached hydrogens (tertiary/aromatic N) is 3. The van der Waals surface area contributed by atoms with Gasteiger partial charge in [-0.25, -0.2) is 9.97 Å². The summed E-state index contributed by atoms with van der Waals surface area (Å²) in [4.78, 5) is 23.5. The molecule has 0 aliphatic carbocycles. The lowest BCUT2D eigenvalue weighted by molar-refractivity contribution is 0.0953. The van der Waals surface area contributed by atoms with Gasteiger partial charge in [0.1, 0.15) is 11.0 Å². The number of nitrogens with one attached hydrogen (secondary N) is 1. The van der Waals surface area contributed by atoms with Crippen LogP contribution in [0.25, 0.3) is 0 Å². The number of carbonyl (C=O) groups is 1. The van der Waals surface area contributed by atoms with E-state index in [0.29, 0.717) is 15.9 Å². The number of hydrogen-bond acceptors (Lipinski definition) is 5. The second kappa shape index (κ2) is 10.8. The molecule has 1 aliphatic rings. The molecule has 2 heterocycles. The number of carbonyl (C=O) groups excluding carboxylic acids is 1. The summed E-state index contributed by atoms with van der Waals surface area (Å²) < 4.78 is 0. The highest BCUT2D eigenvalue weighted by Crippen LogP contribution is 2.27. The lowest BCUT2D eigenvalue weighted by Gasteiger charge is -2.31. The third-order valence-corrected chi connectivity index (χ3v) is 6.28. The third-order valence-electron chi connectivity index (χ3n) is 5.17. The first kappa shape index (κ1) is 21.9. The molecule has 0 atom stereocenters. The minimum Gasteiger partial charge on any atom is -0.356 e. The van der Waals surface area contributed by atoms with Crippen LogP contribution in [0, 0.1) is 5.92 Å². The van der Waals surface area contributed by atoms with Crippen LogP contribution in [0.5, 0.6) is 0 Å². The molecular formula is C22H29ClN4OS. The Bertz CT molecular complexity index is 807. The van der Waals surface area contributed by atoms with E-state index in [1.807, 2.05) is 30.3 Å². The molecule has 0 unspecified atom stereocenters. The summed E-state index contributed by atoms with van der Waals surface area (Å²) in [5, 5.41) is 4.11. The Morgan fingerprint density at radius 2 is 1.97 bits per heavy atom. The molecule has 156 valence electrons. The van der Waals surface area contributed by atoms with Gasteiger partial charge in [0.25, 0.3) is 5.91 Å². The van der Waals surface area contributed by atoms with Crippen LogP contribution in [0.3, 0.4) is 0 Å². The Labute approximate surface area is 182 Å². The van der Waals surface area contributed by atoms with Crippen molar-refractivity contribution >= 4 is 35.1 Å². The highest BCUT2D eigenvalue weighted by molar-refractivity contribution is 7.98. The van der Waals surface area contributed by atoms with Crippen LogP contribution in [0.2, 0.25) is 5.15 Å². The monoisotopic (exact) mass is 432 g/mol. The highest BCUT2D eigenvalue weighted by Gasteiger charge is 2.18. The van der Waals surface area contributed by atoms with Gasteiger partial charge in [0.2, 0.25) is 0 Å². The van der Waals surface area contributed by atoms with E-state index >= 15 is 0 Å². The van der Waals surface area contributed by atoms with Gasteiger partial charge >= 0.3 is 0 Å². The number of hydrogen-bond donors (Lipinski definition) is 1. The zero-order valence-corrected chi connectivity index (χ0v) is 18.7. The largest absolute Gasteiger partial charge is 0.356 e. The molecule has 5 nitrogen and oxygen atoms in total. The average Bonchev–Trinajstić information content (AvgIpc) is 2.73. The van der Waals surface area contributed by atoms with Crippen molar-refractivity contribution in [3.05, 3.63) is 46.6 Å². The van der Waals surface area contributed by atoms with E-state index in [4.69, 9.17) is 16.6 Å². The molecule has 7 heteroatoms. The molecule has 0 bridgehead atoms. The molecule has 0 spiro atoms. The van der Waals surface area contributed by atoms with Crippen molar-refractivity contribution in [2.24, 2.45) is 5.92 Å². The molecule has 1 N–H and O–H groups in total. The Morgan fingerprint density at radius 1 is 1.24 bits per heavy atom. The molecule has 2 aromatic rings. The SMILES string of the molecule is CCCCNC(=O)c1ccc(CSc2nc(Cl)cc(N3CCC(C)CC3)n2)cc1. The van der Waals surface area contributed by atoms with Gasteiger partial charge in [-0.2, -0.15) is 0 Å². The van der Waals surface area contributed by atoms with Gasteiger partial charge in [-0.15, -0.1) is 0 Å². The van der Waals surface area contributed by atoms with Crippen LogP contribution < -0.4 is 10.2 Å². The van der Waals surface area contributed by atoms with Crippen LogP contribution in [0.1, 0.15) is 55.5 Å². The highest BCUT2D eigenvalue weighted by atomic mass is 35.5. The molecule has 1 aromatic heterocycles. The maximum absolute atomic E-state index is 12.1. The Balaban J connectivity index is 1.57. The fourth-order valence-corrected chi connectivity index (χ4v) is 4.27. The number of halogens is 1. The van der Waals surface area contributed by atoms with Crippen molar-refractivity contribution in [3.63, 3.8) is 0 Å². The summed E-state index contributed by atoms with van der Waals surface area (Å²) in [5.74, 6) is 2.40. The van der Waals surface area contributed by atoms with E-state index in [0.717, 1.165) is 55.5 Å². The predicted molar refractivity (Wildman–Crippen MR) is 121 cm³/mol. The average molecular weight is 433 g/mol. The van der Waals surface area contributed by atoms with Gasteiger partial charge in [0.15, 0.2) is 5.16 Å². The van der Waals surface area contributed by atoms with E-state index in [1.165, 1.54) is 12.8 Å². The first-order valence-corrected chi connectivity index (χ1v) is 11.7. The van der Waals surface area contributed by atoms with Gasteiger partial charge in [-0.3, -0.25) is 4.79 Å². The zero-order valence-electron chi connectivity index (χ0n) is 17.2. The van der Waals surface area contributed by atoms with E-state index < -0.39 is 0 Å². The summed E-state index contributed by atoms with van der Waals surface area (Å²) in [6.07, 6.45) is 4.43. The summed E-state index contributed by atoms with van der Waals surface area (Å²) in [6, 6.07) is 9.57. The van der Waals surface area contributed by atoms with Crippen LogP contribution in [0.15, 0.2) is 35.5 Å². The number of thioether (sulfide) groups is 1. The number of benzene rings is 1. The molecule has 1 amide bonds. The first-order chi connectivity index (χ1) is 14.0. The fraction of sp³-hybridized carbons (Fsp3) is 0.500. The van der Waals surface area contributed by atoms with Crippen LogP contribution in [-0.4, -0.2) is 35.5 Å². The molecule has 1 fully saturated rings. The van der Waals surface area contributed by atoms with E-state index in [-0.39, 0.29) is 5.91 Å². The van der Waals surface area contributed by atoms with Gasteiger partial charge in [0.05, 0.1) is 0 Å². The van der Waals surface area contributed by atoms with Gasteiger partial charge in [-0.1, -0.05) is 55.8 Å². The summed E-state index contributed by atoms with van der Waals surface area (Å²) in [5.41, 5.74) is 1.81. The van der Waals surface area contributed by atoms with Crippen LogP contribution >= 0.6 is 23.4 Å². The van der Waals surface area contributed by atoms with Gasteiger partial charge in [0, 0.05) is 37.0 Å². The molecule has 0 saturated carbocycles. The van der Waals surface area contributed by atoms with Crippen molar-refractivity contribution in [2.75, 3.05) is 24.5 Å². The van der Waals surface area contributed by atoms with E-state index in [2.05, 4.69) is 29.0 Å². The Morgan fingerprint density at radius 3 is 2.66 bits per heavy atom. The number of amides is 1. The summed E-state index contributed by atoms with van der Waals surface area (Å²) in [6.45, 7) is 7.15. The van der Waals surface area contributed by atoms with Crippen molar-refractivity contribution < 1.29 is 4.79 Å². The molecule has 29 heavy (non-hydrogen) atoms. The Hall–Kier alpha value is -1.79. The maximum atomic E-state index is 12.1. The molecule has 3 rings (SSSR count). The van der Waals surface area contributed by atoms with Gasteiger partial charge < -0.3 is 10.2 Å². The Kier molecular flexibility index (Phi) is 8.19. The van der Waals surface area contributed by atoms with Crippen LogP contribution in [-0.2, 0) is 5.75 Å². The number of unbranched alkanes of at least 4 members (excludes halogenated alkanes) is 1. The topological polar surface area (TPSA) is 58.1 Å². The fourth-order valence-electron chi connectivity index (χ4n) is 3.23. The number of rotatable bonds is 8. The quantitative estimate of drug-likeness (QED) is 0.269. The molecule has 1 aromatic carbocycles. The lowest BCUT2D eigenvalue weighted by atomic mass is 9.99. The number of aromatic nitrogens is 2. The minimum absolute atomic E-state index is 0.0173. The maximum Gasteiger partial charge on any atom is 0.251 e. The zero-order chi connectivity index (χ0) is 20.6. The normalized spacial score (nSPS) is 14.8. The molecule has 1 saturated heterocycles. The van der Waals surface area contributed by atoms with Crippen molar-refractivity contribution in [3.8, 4) is 0 Å². The summed E-state index contributed by atoms with van der Waals surface area (Å²) in [7, 11) is 0. The molecular weight excluding hydrogens is 404 g/mol. The van der Waals surface area contributed by atoms with E-state index in [1.54, 1.807) is 11.8 Å². The molecule has 0 radical (unpaired) electrons. The molecule has 1 aliphatic heterocycles. The number of piperidine rings is 1. The van der Waals surface area contributed by atoms with Crippen molar-refractivity contribution in [1.29, 1.82) is 0 Å². The van der Waals surface area contributed by atoms with Crippen molar-refractivity contribution in [1.82, 2.24) is 15.3 Å². The summed E-state index contributed by atoms with van der Waals surface area (Å²) >= 11 is 7.82. The lowest BCUT2D eigenvalue weighted by Crippen LogP contribution is -2.33. The number of anilines is 1. The van der Waals surface area contributed by atoms with Gasteiger partial charge in [-0.05, 0) is 42.9 Å². The second-order valence-corrected chi connectivity index (χ2v) is 8.93. The van der Waals surface area contributed by atoms with Crippen LogP contribution in [0.4, 0.5) is 5.82 Å². The predicted octanol–water partition coefficient (Wildman–Crippen LogP) is 5.19. The first-order valence-electron chi connectivity index (χ1n) is 10.3.